The summed E-state index contributed by atoms with van der Waals surface area (Å²) in [5.41, 5.74) is 5.49. The van der Waals surface area contributed by atoms with Gasteiger partial charge in [-0.3, -0.25) is 9.69 Å². The van der Waals surface area contributed by atoms with Gasteiger partial charge in [-0.1, -0.05) is 79.6 Å². The van der Waals surface area contributed by atoms with Gasteiger partial charge in [-0.05, 0) is 154 Å². The summed E-state index contributed by atoms with van der Waals surface area (Å²) in [4.78, 5) is 21.4. The molecule has 1 aliphatic heterocycles. The molecule has 0 spiro atoms. The third-order valence-corrected chi connectivity index (χ3v) is 18.2. The molecule has 17 heteroatoms. The van der Waals surface area contributed by atoms with Crippen molar-refractivity contribution in [2.24, 2.45) is 5.41 Å². The van der Waals surface area contributed by atoms with Gasteiger partial charge < -0.3 is 14.7 Å². The van der Waals surface area contributed by atoms with Crippen LogP contribution in [0.1, 0.15) is 69.3 Å². The average molecular weight is 1050 g/mol. The highest BCUT2D eigenvalue weighted by atomic mass is 35.5. The summed E-state index contributed by atoms with van der Waals surface area (Å²) in [5.74, 6) is -0.304. The second kappa shape index (κ2) is 22.5. The van der Waals surface area contributed by atoms with Crippen molar-refractivity contribution < 1.29 is 30.4 Å². The number of sulfonamides is 1. The predicted molar refractivity (Wildman–Crippen MR) is 282 cm³/mol. The summed E-state index contributed by atoms with van der Waals surface area (Å²) in [5, 5.41) is 0.719. The van der Waals surface area contributed by atoms with Crippen molar-refractivity contribution in [3.8, 4) is 0 Å². The van der Waals surface area contributed by atoms with E-state index in [0.717, 1.165) is 73.7 Å². The molecule has 1 amide bonds. The van der Waals surface area contributed by atoms with Crippen molar-refractivity contribution >= 4 is 83.4 Å². The zero-order chi connectivity index (χ0) is 50.4. The number of nitrogens with zero attached hydrogens (tertiary/aromatic N) is 4. The fraction of sp³-hybridized carbons (Fsp3) is 0.377. The lowest BCUT2D eigenvalue weighted by Gasteiger charge is -2.39. The van der Waals surface area contributed by atoms with Crippen LogP contribution in [0.2, 0.25) is 5.02 Å². The second-order valence-electron chi connectivity index (χ2n) is 19.1. The standard InChI is InChI=1S/C53H61Cl2F2N5O5S3/c1-38(2)59(5)45(37-68-46-14-10-7-11-15-46)27-29-62(44-12-8-6-9-13-44)49-25-24-47(34-50(49)69(64,65)53(55,56)57)70(66,67)58-51(63)40-18-22-43(23-19-40)61-32-30-60(31-33-61)36-41-26-28-52(3,4)35-48(41)39-16-20-42(54)21-17-39/h6-25,34,38,45H,26-33,35-37H2,1-5H3,(H,58,63). The normalized spacial score (nSPS) is 16.4. The van der Waals surface area contributed by atoms with Gasteiger partial charge in [0.15, 0.2) is 0 Å². The minimum absolute atomic E-state index is 0.0335. The number of piperazine rings is 1. The van der Waals surface area contributed by atoms with E-state index in [1.165, 1.54) is 34.9 Å². The number of nitrogens with one attached hydrogen (secondary N) is 1. The van der Waals surface area contributed by atoms with E-state index in [-0.39, 0.29) is 35.3 Å². The van der Waals surface area contributed by atoms with Gasteiger partial charge in [-0.2, -0.15) is 8.78 Å². The van der Waals surface area contributed by atoms with E-state index < -0.39 is 40.3 Å². The van der Waals surface area contributed by atoms with Crippen molar-refractivity contribution in [2.45, 2.75) is 84.9 Å². The van der Waals surface area contributed by atoms with Crippen LogP contribution in [0.4, 0.5) is 25.8 Å². The molecule has 10 nitrogen and oxygen atoms in total. The molecule has 70 heavy (non-hydrogen) atoms. The number of carbonyl (C=O) groups is 1. The third kappa shape index (κ3) is 13.1. The largest absolute Gasteiger partial charge is 0.427 e. The van der Waals surface area contributed by atoms with E-state index in [0.29, 0.717) is 23.9 Å². The van der Waals surface area contributed by atoms with Crippen LogP contribution >= 0.6 is 35.0 Å². The molecule has 1 atom stereocenters. The molecule has 374 valence electrons. The molecule has 0 bridgehead atoms. The summed E-state index contributed by atoms with van der Waals surface area (Å²) in [7, 11) is -8.51. The Hall–Kier alpha value is -4.48. The molecular weight excluding hydrogens is 992 g/mol. The van der Waals surface area contributed by atoms with E-state index >= 15 is 0 Å². The molecule has 1 saturated heterocycles. The maximum atomic E-state index is 15.0. The van der Waals surface area contributed by atoms with Gasteiger partial charge in [0.2, 0.25) is 0 Å². The number of alkyl halides is 3. The lowest BCUT2D eigenvalue weighted by Crippen LogP contribution is -2.47. The fourth-order valence-electron chi connectivity index (χ4n) is 9.00. The Morgan fingerprint density at radius 3 is 2.10 bits per heavy atom. The van der Waals surface area contributed by atoms with Crippen molar-refractivity contribution in [1.29, 1.82) is 0 Å². The number of halogens is 4. The molecule has 5 aromatic rings. The smallest absolute Gasteiger partial charge is 0.369 e. The molecule has 1 N–H and O–H groups in total. The monoisotopic (exact) mass is 1050 g/mol. The van der Waals surface area contributed by atoms with Crippen LogP contribution in [0, 0.1) is 5.41 Å². The molecule has 5 aromatic carbocycles. The molecule has 7 rings (SSSR count). The summed E-state index contributed by atoms with van der Waals surface area (Å²) in [6.07, 6.45) is 3.64. The molecule has 1 aliphatic carbocycles. The SMILES string of the molecule is CC(C)N(C)C(CCN(c1ccccc1)c1ccc(S(=O)(=O)NC(=O)c2ccc(N3CCN(CC4=C(c5ccc(Cl)cc5)CC(C)(C)CC4)CC3)cc2)cc1S(=O)(=O)C(F)(F)Cl)CSc1ccccc1. The number of hydrogen-bond donors (Lipinski definition) is 1. The highest BCUT2D eigenvalue weighted by molar-refractivity contribution is 7.99. The Labute approximate surface area is 427 Å². The number of sulfone groups is 1. The van der Waals surface area contributed by atoms with Gasteiger partial charge >= 0.3 is 4.71 Å². The highest BCUT2D eigenvalue weighted by Gasteiger charge is 2.46. The topological polar surface area (TPSA) is 110 Å². The summed E-state index contributed by atoms with van der Waals surface area (Å²) < 4.78 is 82.3. The Bertz CT molecular complexity index is 2840. The van der Waals surface area contributed by atoms with Crippen LogP contribution in [0.25, 0.3) is 5.57 Å². The van der Waals surface area contributed by atoms with Gasteiger partial charge in [0, 0.05) is 84.0 Å². The molecule has 1 heterocycles. The maximum Gasteiger partial charge on any atom is 0.427 e. The van der Waals surface area contributed by atoms with E-state index in [9.17, 15) is 30.4 Å². The van der Waals surface area contributed by atoms with Crippen molar-refractivity contribution in [3.05, 3.63) is 149 Å². The quantitative estimate of drug-likeness (QED) is 0.0634. The molecule has 1 fully saturated rings. The Balaban J connectivity index is 1.07. The van der Waals surface area contributed by atoms with Crippen LogP contribution in [-0.2, 0) is 19.9 Å². The predicted octanol–water partition coefficient (Wildman–Crippen LogP) is 11.8. The first kappa shape index (κ1) is 53.3. The summed E-state index contributed by atoms with van der Waals surface area (Å²) >= 11 is 13.2. The number of rotatable bonds is 19. The zero-order valence-electron chi connectivity index (χ0n) is 40.1. The maximum absolute atomic E-state index is 15.0. The first-order valence-corrected chi connectivity index (χ1v) is 28.1. The van der Waals surface area contributed by atoms with E-state index in [1.807, 2.05) is 54.2 Å². The number of anilines is 3. The lowest BCUT2D eigenvalue weighted by molar-refractivity contribution is 0.0981. The van der Waals surface area contributed by atoms with Crippen LogP contribution in [0.15, 0.2) is 148 Å². The van der Waals surface area contributed by atoms with Crippen LogP contribution in [0.5, 0.6) is 0 Å². The number of benzene rings is 5. The van der Waals surface area contributed by atoms with Gasteiger partial charge in [0.05, 0.1) is 15.5 Å². The van der Waals surface area contributed by atoms with Crippen LogP contribution < -0.4 is 14.5 Å². The van der Waals surface area contributed by atoms with E-state index in [2.05, 4.69) is 54.5 Å². The number of allylic oxidation sites excluding steroid dienone is 1. The van der Waals surface area contributed by atoms with E-state index in [4.69, 9.17) is 23.2 Å². The molecule has 2 aliphatic rings. The van der Waals surface area contributed by atoms with Crippen LogP contribution in [0.3, 0.4) is 0 Å². The molecule has 0 radical (unpaired) electrons. The Morgan fingerprint density at radius 1 is 0.857 bits per heavy atom. The molecular formula is C53H61Cl2F2N5O5S3. The second-order valence-corrected chi connectivity index (χ2v) is 24.9. The molecule has 0 aromatic heterocycles. The van der Waals surface area contributed by atoms with Crippen LogP contribution in [-0.4, -0.2) is 101 Å². The fourth-order valence-corrected chi connectivity index (χ4v) is 12.6. The number of hydrogen-bond acceptors (Lipinski definition) is 10. The minimum Gasteiger partial charge on any atom is -0.369 e. The number of carbonyl (C=O) groups excluding carboxylic acids is 1. The number of para-hydroxylation sites is 1. The van der Waals surface area contributed by atoms with E-state index in [1.54, 1.807) is 59.1 Å². The Kier molecular flexibility index (Phi) is 17.2. The first-order valence-electron chi connectivity index (χ1n) is 23.4. The first-order chi connectivity index (χ1) is 33.1. The van der Waals surface area contributed by atoms with Gasteiger partial charge in [0.1, 0.15) is 0 Å². The summed E-state index contributed by atoms with van der Waals surface area (Å²) in [6, 6.07) is 36.2. The molecule has 1 unspecified atom stereocenters. The average Bonchev–Trinajstić information content (AvgIpc) is 3.33. The number of amides is 1. The van der Waals surface area contributed by atoms with Gasteiger partial charge in [0.25, 0.3) is 25.8 Å². The Morgan fingerprint density at radius 2 is 1.49 bits per heavy atom. The molecule has 0 saturated carbocycles. The van der Waals surface area contributed by atoms with Gasteiger partial charge in [-0.15, -0.1) is 11.8 Å². The lowest BCUT2D eigenvalue weighted by atomic mass is 9.72. The van der Waals surface area contributed by atoms with Crippen molar-refractivity contribution in [3.63, 3.8) is 0 Å². The summed E-state index contributed by atoms with van der Waals surface area (Å²) in [6.45, 7) is 13.0. The van der Waals surface area contributed by atoms with Crippen molar-refractivity contribution in [1.82, 2.24) is 14.5 Å². The highest BCUT2D eigenvalue weighted by Crippen LogP contribution is 2.44. The number of thioether (sulfide) groups is 1. The third-order valence-electron chi connectivity index (χ3n) is 13.3. The zero-order valence-corrected chi connectivity index (χ0v) is 44.1. The van der Waals surface area contributed by atoms with Gasteiger partial charge in [-0.25, -0.2) is 21.6 Å². The minimum atomic E-state index is -5.70. The van der Waals surface area contributed by atoms with Crippen molar-refractivity contribution in [2.75, 3.05) is 61.9 Å².